The van der Waals surface area contributed by atoms with E-state index in [1.165, 1.54) is 0 Å². The van der Waals surface area contributed by atoms with E-state index in [4.69, 9.17) is 5.73 Å². The molecule has 1 rings (SSSR count). The second kappa shape index (κ2) is 4.46. The molecule has 0 radical (unpaired) electrons. The van der Waals surface area contributed by atoms with Crippen LogP contribution in [0.1, 0.15) is 26.2 Å². The molecule has 0 aliphatic heterocycles. The summed E-state index contributed by atoms with van der Waals surface area (Å²) < 4.78 is 0. The zero-order valence-corrected chi connectivity index (χ0v) is 8.23. The van der Waals surface area contributed by atoms with Crippen molar-refractivity contribution in [2.75, 3.05) is 19.6 Å². The first-order valence-electron chi connectivity index (χ1n) is 4.94. The zero-order valence-electron chi connectivity index (χ0n) is 8.23. The Morgan fingerprint density at radius 2 is 2.15 bits per heavy atom. The lowest BCUT2D eigenvalue weighted by Gasteiger charge is -2.13. The van der Waals surface area contributed by atoms with Gasteiger partial charge in [0, 0.05) is 18.5 Å². The van der Waals surface area contributed by atoms with Crippen LogP contribution in [0, 0.1) is 5.41 Å². The number of hydrogen-bond donors (Lipinski definition) is 3. The van der Waals surface area contributed by atoms with Crippen molar-refractivity contribution in [1.82, 2.24) is 10.6 Å². The minimum Gasteiger partial charge on any atom is -0.338 e. The monoisotopic (exact) mass is 185 g/mol. The second-order valence-corrected chi connectivity index (χ2v) is 3.81. The van der Waals surface area contributed by atoms with Crippen LogP contribution in [0.2, 0.25) is 0 Å². The van der Waals surface area contributed by atoms with Gasteiger partial charge >= 0.3 is 6.03 Å². The number of carbonyl (C=O) groups is 1. The van der Waals surface area contributed by atoms with Gasteiger partial charge in [-0.1, -0.05) is 6.92 Å². The molecule has 13 heavy (non-hydrogen) atoms. The van der Waals surface area contributed by atoms with Crippen molar-refractivity contribution in [1.29, 1.82) is 0 Å². The lowest BCUT2D eigenvalue weighted by molar-refractivity contribution is 0.238. The normalized spacial score (nSPS) is 18.0. The summed E-state index contributed by atoms with van der Waals surface area (Å²) in [5.41, 5.74) is 5.81. The highest BCUT2D eigenvalue weighted by molar-refractivity contribution is 5.73. The van der Waals surface area contributed by atoms with Gasteiger partial charge in [0.15, 0.2) is 0 Å². The first-order valence-corrected chi connectivity index (χ1v) is 4.94. The summed E-state index contributed by atoms with van der Waals surface area (Å²) in [5.74, 6) is 0. The van der Waals surface area contributed by atoms with Gasteiger partial charge < -0.3 is 16.4 Å². The number of carbonyl (C=O) groups excluding carboxylic acids is 1. The van der Waals surface area contributed by atoms with Gasteiger partial charge in [-0.15, -0.1) is 0 Å². The number of nitrogens with two attached hydrogens (primary N) is 1. The molecule has 0 unspecified atom stereocenters. The summed E-state index contributed by atoms with van der Waals surface area (Å²) in [6.45, 7) is 4.17. The predicted octanol–water partition coefficient (Wildman–Crippen LogP) is 0.434. The van der Waals surface area contributed by atoms with Crippen LogP contribution in [0.4, 0.5) is 4.79 Å². The molecule has 1 aliphatic rings. The molecule has 1 saturated carbocycles. The van der Waals surface area contributed by atoms with Crippen LogP contribution in [-0.4, -0.2) is 25.7 Å². The standard InChI is InChI=1S/C9H19N3O/c1-2-5-11-8(13)12-7-9(6-10)3-4-9/h2-7,10H2,1H3,(H2,11,12,13). The van der Waals surface area contributed by atoms with E-state index in [1.807, 2.05) is 6.92 Å². The Labute approximate surface area is 79.3 Å². The molecule has 1 aliphatic carbocycles. The molecule has 0 saturated heterocycles. The van der Waals surface area contributed by atoms with Crippen LogP contribution in [-0.2, 0) is 0 Å². The summed E-state index contributed by atoms with van der Waals surface area (Å²) in [5, 5.41) is 5.61. The van der Waals surface area contributed by atoms with Gasteiger partial charge in [-0.25, -0.2) is 4.79 Å². The maximum Gasteiger partial charge on any atom is 0.314 e. The third-order valence-electron chi connectivity index (χ3n) is 2.55. The van der Waals surface area contributed by atoms with Crippen LogP contribution in [0.3, 0.4) is 0 Å². The fourth-order valence-corrected chi connectivity index (χ4v) is 1.20. The number of urea groups is 1. The van der Waals surface area contributed by atoms with E-state index in [0.29, 0.717) is 6.54 Å². The van der Waals surface area contributed by atoms with Crippen molar-refractivity contribution in [2.45, 2.75) is 26.2 Å². The van der Waals surface area contributed by atoms with Gasteiger partial charge in [0.2, 0.25) is 0 Å². The third kappa shape index (κ3) is 3.22. The van der Waals surface area contributed by atoms with Gasteiger partial charge in [-0.2, -0.15) is 0 Å². The molecule has 0 spiro atoms. The fourth-order valence-electron chi connectivity index (χ4n) is 1.20. The molecule has 0 aromatic carbocycles. The Morgan fingerprint density at radius 3 is 2.62 bits per heavy atom. The van der Waals surface area contributed by atoms with Crippen molar-refractivity contribution in [3.05, 3.63) is 0 Å². The van der Waals surface area contributed by atoms with Gasteiger partial charge in [0.1, 0.15) is 0 Å². The molecule has 4 nitrogen and oxygen atoms in total. The van der Waals surface area contributed by atoms with E-state index >= 15 is 0 Å². The number of nitrogens with one attached hydrogen (secondary N) is 2. The van der Waals surface area contributed by atoms with Crippen molar-refractivity contribution < 1.29 is 4.79 Å². The second-order valence-electron chi connectivity index (χ2n) is 3.81. The molecule has 0 atom stereocenters. The van der Waals surface area contributed by atoms with Crippen LogP contribution < -0.4 is 16.4 Å². The summed E-state index contributed by atoms with van der Waals surface area (Å²) in [6, 6.07) is -0.0680. The van der Waals surface area contributed by atoms with E-state index in [1.54, 1.807) is 0 Å². The molecule has 2 amide bonds. The quantitative estimate of drug-likeness (QED) is 0.581. The van der Waals surface area contributed by atoms with Crippen LogP contribution >= 0.6 is 0 Å². The van der Waals surface area contributed by atoms with E-state index in [-0.39, 0.29) is 11.4 Å². The average molecular weight is 185 g/mol. The Balaban J connectivity index is 2.08. The van der Waals surface area contributed by atoms with Crippen LogP contribution in [0.25, 0.3) is 0 Å². The minimum atomic E-state index is -0.0680. The summed E-state index contributed by atoms with van der Waals surface area (Å²) >= 11 is 0. The van der Waals surface area contributed by atoms with E-state index < -0.39 is 0 Å². The van der Waals surface area contributed by atoms with E-state index in [0.717, 1.165) is 32.4 Å². The van der Waals surface area contributed by atoms with Crippen molar-refractivity contribution in [3.63, 3.8) is 0 Å². The van der Waals surface area contributed by atoms with E-state index in [9.17, 15) is 4.79 Å². The fraction of sp³-hybridized carbons (Fsp3) is 0.889. The maximum absolute atomic E-state index is 11.1. The molecule has 4 N–H and O–H groups in total. The molecular weight excluding hydrogens is 166 g/mol. The summed E-state index contributed by atoms with van der Waals surface area (Å²) in [6.07, 6.45) is 3.27. The molecule has 1 fully saturated rings. The number of amides is 2. The van der Waals surface area contributed by atoms with E-state index in [2.05, 4.69) is 10.6 Å². The van der Waals surface area contributed by atoms with Crippen LogP contribution in [0.5, 0.6) is 0 Å². The van der Waals surface area contributed by atoms with Crippen LogP contribution in [0.15, 0.2) is 0 Å². The lowest BCUT2D eigenvalue weighted by atomic mass is 10.1. The van der Waals surface area contributed by atoms with Gasteiger partial charge in [-0.3, -0.25) is 0 Å². The molecule has 76 valence electrons. The average Bonchev–Trinajstić information content (AvgIpc) is 2.92. The smallest absolute Gasteiger partial charge is 0.314 e. The topological polar surface area (TPSA) is 67.2 Å². The highest BCUT2D eigenvalue weighted by Crippen LogP contribution is 2.43. The first kappa shape index (κ1) is 10.3. The summed E-state index contributed by atoms with van der Waals surface area (Å²) in [7, 11) is 0. The molecule has 0 aromatic rings. The molecular formula is C9H19N3O. The SMILES string of the molecule is CCCNC(=O)NCC1(CN)CC1. The lowest BCUT2D eigenvalue weighted by Crippen LogP contribution is -2.40. The third-order valence-corrected chi connectivity index (χ3v) is 2.55. The Morgan fingerprint density at radius 1 is 1.46 bits per heavy atom. The molecule has 0 bridgehead atoms. The van der Waals surface area contributed by atoms with Crippen molar-refractivity contribution in [3.8, 4) is 0 Å². The Bertz CT molecular complexity index is 178. The molecule has 0 aromatic heterocycles. The van der Waals surface area contributed by atoms with Crippen molar-refractivity contribution in [2.24, 2.45) is 11.1 Å². The Hall–Kier alpha value is -0.770. The highest BCUT2D eigenvalue weighted by Gasteiger charge is 2.41. The first-order chi connectivity index (χ1) is 6.22. The maximum atomic E-state index is 11.1. The highest BCUT2D eigenvalue weighted by atomic mass is 16.2. The van der Waals surface area contributed by atoms with Crippen molar-refractivity contribution >= 4 is 6.03 Å². The molecule has 0 heterocycles. The zero-order chi connectivity index (χ0) is 9.73. The number of rotatable bonds is 5. The predicted molar refractivity (Wildman–Crippen MR) is 52.4 cm³/mol. The molecule has 4 heteroatoms. The largest absolute Gasteiger partial charge is 0.338 e. The number of hydrogen-bond acceptors (Lipinski definition) is 2. The minimum absolute atomic E-state index is 0.0680. The summed E-state index contributed by atoms with van der Waals surface area (Å²) in [4.78, 5) is 11.1. The van der Waals surface area contributed by atoms with Gasteiger partial charge in [0.05, 0.1) is 0 Å². The van der Waals surface area contributed by atoms with Gasteiger partial charge in [0.25, 0.3) is 0 Å². The Kier molecular flexibility index (Phi) is 3.54. The van der Waals surface area contributed by atoms with Gasteiger partial charge in [-0.05, 0) is 25.8 Å².